The lowest BCUT2D eigenvalue weighted by Crippen LogP contribution is -2.59. The first-order valence-electron chi connectivity index (χ1n) is 15.9. The van der Waals surface area contributed by atoms with E-state index in [2.05, 4.69) is 20.9 Å². The van der Waals surface area contributed by atoms with Gasteiger partial charge in [-0.15, -0.1) is 0 Å². The Morgan fingerprint density at radius 2 is 1.67 bits per heavy atom. The molecule has 1 fully saturated rings. The number of thioether (sulfide) groups is 1. The summed E-state index contributed by atoms with van der Waals surface area (Å²) in [6, 6.07) is 11.7. The van der Waals surface area contributed by atoms with Crippen molar-refractivity contribution in [2.75, 3.05) is 12.3 Å². The Balaban J connectivity index is 1.57. The largest absolute Gasteiger partial charge is 0.481 e. The highest BCUT2D eigenvalue weighted by Gasteiger charge is 2.45. The molecule has 14 heteroatoms. The number of carbonyl (C=O) groups excluding carboxylic acids is 5. The van der Waals surface area contributed by atoms with Gasteiger partial charge in [0.1, 0.15) is 24.2 Å². The number of hydrogen-bond acceptors (Lipinski definition) is 7. The van der Waals surface area contributed by atoms with Crippen LogP contribution in [0.2, 0.25) is 0 Å². The van der Waals surface area contributed by atoms with Crippen LogP contribution >= 0.6 is 11.8 Å². The number of nitrogens with one attached hydrogen (secondary N) is 4. The van der Waals surface area contributed by atoms with E-state index in [1.54, 1.807) is 36.5 Å². The van der Waals surface area contributed by atoms with E-state index in [-0.39, 0.29) is 24.6 Å². The topological polar surface area (TPSA) is 204 Å². The van der Waals surface area contributed by atoms with Gasteiger partial charge in [0.25, 0.3) is 0 Å². The average Bonchev–Trinajstić information content (AvgIpc) is 3.67. The number of primary amides is 1. The third kappa shape index (κ3) is 9.37. The minimum Gasteiger partial charge on any atom is -0.481 e. The van der Waals surface area contributed by atoms with E-state index in [9.17, 15) is 33.9 Å². The highest BCUT2D eigenvalue weighted by Crippen LogP contribution is 2.31. The summed E-state index contributed by atoms with van der Waals surface area (Å²) in [4.78, 5) is 82.4. The van der Waals surface area contributed by atoms with Crippen LogP contribution in [0.3, 0.4) is 0 Å². The van der Waals surface area contributed by atoms with Crippen molar-refractivity contribution in [1.82, 2.24) is 25.8 Å². The summed E-state index contributed by atoms with van der Waals surface area (Å²) in [7, 11) is 0. The van der Waals surface area contributed by atoms with Crippen LogP contribution in [0.25, 0.3) is 10.9 Å². The second-order valence-electron chi connectivity index (χ2n) is 11.8. The van der Waals surface area contributed by atoms with Gasteiger partial charge in [-0.3, -0.25) is 28.8 Å². The molecule has 4 rings (SSSR count). The van der Waals surface area contributed by atoms with Gasteiger partial charge in [0.05, 0.1) is 6.42 Å². The van der Waals surface area contributed by atoms with Gasteiger partial charge in [-0.05, 0) is 35.8 Å². The van der Waals surface area contributed by atoms with Crippen LogP contribution in [0.15, 0.2) is 60.8 Å². The van der Waals surface area contributed by atoms with Crippen molar-refractivity contribution in [1.29, 1.82) is 0 Å². The number of carbonyl (C=O) groups is 6. The van der Waals surface area contributed by atoms with Crippen molar-refractivity contribution in [2.24, 2.45) is 5.73 Å². The van der Waals surface area contributed by atoms with Crippen LogP contribution in [0.1, 0.15) is 44.2 Å². The molecule has 0 radical (unpaired) electrons. The van der Waals surface area contributed by atoms with E-state index in [1.807, 2.05) is 31.2 Å². The molecule has 0 aliphatic carbocycles. The van der Waals surface area contributed by atoms with Gasteiger partial charge in [-0.25, -0.2) is 0 Å². The predicted molar refractivity (Wildman–Crippen MR) is 182 cm³/mol. The molecule has 13 nitrogen and oxygen atoms in total. The van der Waals surface area contributed by atoms with Crippen molar-refractivity contribution < 1.29 is 33.9 Å². The molecule has 1 saturated heterocycles. The number of nitrogens with two attached hydrogens (primary N) is 1. The van der Waals surface area contributed by atoms with Crippen molar-refractivity contribution in [3.05, 3.63) is 71.9 Å². The third-order valence-electron chi connectivity index (χ3n) is 8.16. The van der Waals surface area contributed by atoms with Gasteiger partial charge in [0.2, 0.25) is 29.5 Å². The number of para-hydroxylation sites is 1. The van der Waals surface area contributed by atoms with Crippen LogP contribution in [0.5, 0.6) is 0 Å². The van der Waals surface area contributed by atoms with Crippen molar-refractivity contribution in [3.8, 4) is 0 Å². The normalized spacial score (nSPS) is 17.7. The second-order valence-corrected chi connectivity index (χ2v) is 13.2. The molecule has 48 heavy (non-hydrogen) atoms. The fourth-order valence-corrected chi connectivity index (χ4v) is 7.18. The summed E-state index contributed by atoms with van der Waals surface area (Å²) in [6.07, 6.45) is 2.55. The fraction of sp³-hybridized carbons (Fsp3) is 0.412. The first-order valence-corrected chi connectivity index (χ1v) is 16.9. The Hall–Kier alpha value is -4.85. The van der Waals surface area contributed by atoms with Crippen LogP contribution in [-0.2, 0) is 41.6 Å². The quantitative estimate of drug-likeness (QED) is 0.131. The number of aromatic amines is 1. The van der Waals surface area contributed by atoms with Crippen molar-refractivity contribution >= 4 is 58.2 Å². The Morgan fingerprint density at radius 1 is 0.958 bits per heavy atom. The van der Waals surface area contributed by atoms with Crippen LogP contribution < -0.4 is 21.7 Å². The predicted octanol–water partition coefficient (Wildman–Crippen LogP) is 1.50. The standard InChI is InChI=1S/C34H42N6O7S/c1-3-15-48-28-13-14-40(34(47)27(37-20(2)41)17-22-19-36-24-12-8-7-11-23(22)24)30(28)33(46)39-26(18-29(42)43)32(45)38-25(31(35)44)16-21-9-5-4-6-10-21/h4-12,19,25-28,30,36H,3,13-18H2,1-2H3,(H2,35,44)(H,37,41)(H,38,45)(H,39,46)(H,42,43)/t25-,26-,27-,28-,30+/m0/s1. The summed E-state index contributed by atoms with van der Waals surface area (Å²) < 4.78 is 0. The lowest BCUT2D eigenvalue weighted by molar-refractivity contribution is -0.143. The van der Waals surface area contributed by atoms with Crippen LogP contribution in [0, 0.1) is 0 Å². The fourth-order valence-electron chi connectivity index (χ4n) is 5.92. The lowest BCUT2D eigenvalue weighted by Gasteiger charge is -2.31. The molecular weight excluding hydrogens is 636 g/mol. The molecule has 0 spiro atoms. The van der Waals surface area contributed by atoms with Gasteiger partial charge in [-0.2, -0.15) is 11.8 Å². The molecule has 1 aliphatic heterocycles. The SMILES string of the molecule is CCCS[C@H]1CCN(C(=O)[C@H](Cc2c[nH]c3ccccc23)NC(C)=O)[C@H]1C(=O)N[C@@H](CC(=O)O)C(=O)N[C@@H](Cc1ccccc1)C(N)=O. The molecule has 5 atom stereocenters. The molecule has 2 aromatic carbocycles. The Kier molecular flexibility index (Phi) is 12.6. The zero-order valence-corrected chi connectivity index (χ0v) is 27.8. The van der Waals surface area contributed by atoms with Gasteiger partial charge >= 0.3 is 5.97 Å². The van der Waals surface area contributed by atoms with E-state index in [0.29, 0.717) is 12.2 Å². The molecular formula is C34H42N6O7S. The lowest BCUT2D eigenvalue weighted by atomic mass is 10.0. The average molecular weight is 679 g/mol. The molecule has 256 valence electrons. The minimum absolute atomic E-state index is 0.0667. The maximum Gasteiger partial charge on any atom is 0.305 e. The van der Waals surface area contributed by atoms with Gasteiger partial charge in [0, 0.05) is 48.7 Å². The summed E-state index contributed by atoms with van der Waals surface area (Å²) >= 11 is 1.51. The van der Waals surface area contributed by atoms with E-state index < -0.39 is 66.1 Å². The second kappa shape index (κ2) is 16.8. The number of likely N-dealkylation sites (tertiary alicyclic amines) is 1. The molecule has 1 aliphatic rings. The summed E-state index contributed by atoms with van der Waals surface area (Å²) in [6.45, 7) is 3.53. The number of fused-ring (bicyclic) bond motifs is 1. The number of H-pyrrole nitrogens is 1. The molecule has 1 aromatic heterocycles. The zero-order valence-electron chi connectivity index (χ0n) is 26.9. The number of rotatable bonds is 16. The monoisotopic (exact) mass is 678 g/mol. The van der Waals surface area contributed by atoms with Gasteiger partial charge in [-0.1, -0.05) is 55.5 Å². The van der Waals surface area contributed by atoms with E-state index >= 15 is 0 Å². The molecule has 2 heterocycles. The number of aliphatic carboxylic acids is 1. The van der Waals surface area contributed by atoms with Crippen LogP contribution in [0.4, 0.5) is 0 Å². The molecule has 5 amide bonds. The number of amides is 5. The van der Waals surface area contributed by atoms with Crippen LogP contribution in [-0.4, -0.2) is 92.2 Å². The highest BCUT2D eigenvalue weighted by atomic mass is 32.2. The summed E-state index contributed by atoms with van der Waals surface area (Å²) in [5, 5.41) is 18.0. The number of aromatic nitrogens is 1. The molecule has 7 N–H and O–H groups in total. The Morgan fingerprint density at radius 3 is 2.33 bits per heavy atom. The summed E-state index contributed by atoms with van der Waals surface area (Å²) in [5.74, 6) is -3.95. The highest BCUT2D eigenvalue weighted by molar-refractivity contribution is 8.00. The summed E-state index contributed by atoms with van der Waals surface area (Å²) in [5.41, 5.74) is 7.97. The van der Waals surface area contributed by atoms with Gasteiger partial charge in [0.15, 0.2) is 0 Å². The smallest absolute Gasteiger partial charge is 0.305 e. The van der Waals surface area contributed by atoms with Crippen molar-refractivity contribution in [3.63, 3.8) is 0 Å². The first kappa shape index (κ1) is 36.0. The number of carboxylic acids is 1. The number of carboxylic acid groups (broad SMARTS) is 1. The molecule has 0 unspecified atom stereocenters. The first-order chi connectivity index (χ1) is 23.0. The van der Waals surface area contributed by atoms with E-state index in [1.165, 1.54) is 23.6 Å². The number of benzene rings is 2. The van der Waals surface area contributed by atoms with E-state index in [4.69, 9.17) is 5.73 Å². The maximum absolute atomic E-state index is 14.2. The Labute approximate surface area is 282 Å². The number of hydrogen-bond donors (Lipinski definition) is 6. The number of nitrogens with zero attached hydrogens (tertiary/aromatic N) is 1. The third-order valence-corrected chi connectivity index (χ3v) is 9.72. The van der Waals surface area contributed by atoms with E-state index in [0.717, 1.165) is 28.5 Å². The molecule has 0 saturated carbocycles. The van der Waals surface area contributed by atoms with Gasteiger partial charge < -0.3 is 36.7 Å². The maximum atomic E-state index is 14.2. The molecule has 0 bridgehead atoms. The zero-order chi connectivity index (χ0) is 34.8. The Bertz CT molecular complexity index is 1630. The minimum atomic E-state index is -1.56. The molecule has 3 aromatic rings. The van der Waals surface area contributed by atoms with Crippen molar-refractivity contribution in [2.45, 2.75) is 75.4 Å².